The Morgan fingerprint density at radius 3 is 1.69 bits per heavy atom. The van der Waals surface area contributed by atoms with Crippen LogP contribution in [-0.4, -0.2) is 49.0 Å². The molecule has 1 rings (SSSR count). The van der Waals surface area contributed by atoms with Crippen molar-refractivity contribution in [2.24, 2.45) is 29.4 Å². The smallest absolute Gasteiger partial charge is 0.312 e. The Bertz CT molecular complexity index is 1020. The Kier molecular flexibility index (Phi) is 40.4. The van der Waals surface area contributed by atoms with Crippen LogP contribution in [0.25, 0.3) is 0 Å². The molecule has 0 bridgehead atoms. The molecule has 0 unspecified atom stereocenters. The van der Waals surface area contributed by atoms with E-state index in [2.05, 4.69) is 57.5 Å². The number of nitrogens with two attached hydrogens (primary N) is 1. The van der Waals surface area contributed by atoms with Crippen molar-refractivity contribution >= 4 is 42.1 Å². The molecule has 2 atom stereocenters. The van der Waals surface area contributed by atoms with Crippen LogP contribution in [0.4, 0.5) is 10.5 Å². The Morgan fingerprint density at radius 1 is 0.857 bits per heavy atom. The summed E-state index contributed by atoms with van der Waals surface area (Å²) < 4.78 is 5.19. The molecule has 49 heavy (non-hydrogen) atoms. The van der Waals surface area contributed by atoms with E-state index in [0.717, 1.165) is 5.56 Å². The molecule has 5 N–H and O–H groups in total. The molecule has 0 aliphatic heterocycles. The number of amides is 4. The van der Waals surface area contributed by atoms with E-state index in [-0.39, 0.29) is 120 Å². The Hall–Kier alpha value is -1.55. The number of nitrogens with one attached hydrogen (secondary N) is 3. The maximum Gasteiger partial charge on any atom is 0.312 e. The summed E-state index contributed by atoms with van der Waals surface area (Å²) >= 11 is 0. The van der Waals surface area contributed by atoms with Crippen molar-refractivity contribution in [1.29, 1.82) is 0 Å². The van der Waals surface area contributed by atoms with Crippen molar-refractivity contribution in [2.75, 3.05) is 11.9 Å². The molecular weight excluding hydrogens is 778 g/mol. The van der Waals surface area contributed by atoms with Crippen molar-refractivity contribution in [3.8, 4) is 0 Å². The summed E-state index contributed by atoms with van der Waals surface area (Å²) in [6, 6.07) is 5.43. The van der Waals surface area contributed by atoms with Gasteiger partial charge in [-0.15, -0.1) is 5.92 Å². The molecule has 11 nitrogen and oxygen atoms in total. The summed E-state index contributed by atoms with van der Waals surface area (Å²) in [7, 11) is 0. The molecule has 0 heterocycles. The third kappa shape index (κ3) is 37.5. The van der Waals surface area contributed by atoms with E-state index < -0.39 is 18.0 Å². The van der Waals surface area contributed by atoms with Crippen molar-refractivity contribution in [3.05, 3.63) is 41.7 Å². The van der Waals surface area contributed by atoms with Gasteiger partial charge in [0.25, 0.3) is 0 Å². The molecule has 0 saturated heterocycles. The fourth-order valence-electron chi connectivity index (χ4n) is 3.19. The van der Waals surface area contributed by atoms with Gasteiger partial charge in [-0.3, -0.25) is 20.7 Å². The number of benzene rings is 1. The average molecular weight is 839 g/mol. The second kappa shape index (κ2) is 34.9. The first-order valence-corrected chi connectivity index (χ1v) is 15.9. The van der Waals surface area contributed by atoms with E-state index in [0.29, 0.717) is 18.5 Å². The van der Waals surface area contributed by atoms with Crippen molar-refractivity contribution in [1.82, 2.24) is 10.6 Å². The molecule has 0 spiro atoms. The minimum atomic E-state index is -0.746. The summed E-state index contributed by atoms with van der Waals surface area (Å²) in [5, 5.41) is 7.65. The largest absolute Gasteiger partial charge is 0.542 e. The van der Waals surface area contributed by atoms with E-state index in [4.69, 9.17) is 10.5 Å². The summed E-state index contributed by atoms with van der Waals surface area (Å²) in [6.07, 6.45) is 4.02. The number of Topliss-reactive ketones (excluding diaryl/α,β-unsaturated/α-hetero) is 1. The van der Waals surface area contributed by atoms with Crippen LogP contribution < -0.4 is 21.7 Å². The van der Waals surface area contributed by atoms with Crippen LogP contribution in [0.3, 0.4) is 0 Å². The number of hydrogen-bond donors (Lipinski definition) is 4. The van der Waals surface area contributed by atoms with Gasteiger partial charge in [0, 0.05) is 90.0 Å². The molecule has 1 aromatic carbocycles. The second-order valence-electron chi connectivity index (χ2n) is 13.0. The Labute approximate surface area is 346 Å². The summed E-state index contributed by atoms with van der Waals surface area (Å²) in [5.41, 5.74) is 6.36. The number of urea groups is 1. The van der Waals surface area contributed by atoms with Crippen LogP contribution in [0, 0.1) is 35.5 Å². The van der Waals surface area contributed by atoms with Crippen molar-refractivity contribution < 1.29 is 98.9 Å². The van der Waals surface area contributed by atoms with Gasteiger partial charge in [0.15, 0.2) is 5.78 Å². The minimum absolute atomic E-state index is 0. The van der Waals surface area contributed by atoms with Crippen LogP contribution in [-0.2, 0) is 101 Å². The molecule has 2 radical (unpaired) electrons. The van der Waals surface area contributed by atoms with E-state index in [1.807, 2.05) is 0 Å². The standard InChI is InChI=1S/C24H35N4O6.C4H7O.2C4H9.2Y/c1-15(2)21(27-14-29)20(30)12-18(6-5-11-26-24(25)33)22(31)28-19-9-7-17(8-10-19)13-34-23(32)16(3)4;1-4(2)3-5;2*1-4(2)3;;/h7-10,15-16,18,21H,5-6,11-13H2,1-4H3,(H,27,29)(H,28,31)(H3,25,26,33);4H,1-2H3;2*1-3H3;;/q4*-1;;/t18-,21+;;;;;/m1...../s1. The van der Waals surface area contributed by atoms with E-state index >= 15 is 0 Å². The topological polar surface area (TPSA) is 174 Å². The minimum Gasteiger partial charge on any atom is -0.542 e. The van der Waals surface area contributed by atoms with Crippen molar-refractivity contribution in [2.45, 2.75) is 115 Å². The molecule has 0 fully saturated rings. The van der Waals surface area contributed by atoms with Gasteiger partial charge in [0.1, 0.15) is 6.61 Å². The van der Waals surface area contributed by atoms with E-state index in [9.17, 15) is 28.8 Å². The van der Waals surface area contributed by atoms with E-state index in [1.165, 1.54) is 11.8 Å². The Morgan fingerprint density at radius 2 is 1.33 bits per heavy atom. The summed E-state index contributed by atoms with van der Waals surface area (Å²) in [4.78, 5) is 68.3. The Balaban J connectivity index is -0.000000365. The second-order valence-corrected chi connectivity index (χ2v) is 13.0. The number of ketones is 1. The number of rotatable bonds is 16. The fraction of sp³-hybridized carbons (Fsp3) is 0.611. The first kappa shape index (κ1) is 56.8. The van der Waals surface area contributed by atoms with Crippen molar-refractivity contribution in [3.63, 3.8) is 0 Å². The molecule has 0 aliphatic rings. The first-order chi connectivity index (χ1) is 21.8. The molecule has 1 aromatic rings. The molecule has 0 saturated carbocycles. The number of anilines is 1. The maximum absolute atomic E-state index is 13.0. The predicted molar refractivity (Wildman–Crippen MR) is 188 cm³/mol. The van der Waals surface area contributed by atoms with Crippen LogP contribution in [0.15, 0.2) is 24.3 Å². The summed E-state index contributed by atoms with van der Waals surface area (Å²) in [5.74, 6) is 0.932. The number of carbonyl (C=O) groups excluding carboxylic acids is 6. The fourth-order valence-corrected chi connectivity index (χ4v) is 3.19. The normalized spacial score (nSPS) is 11.0. The van der Waals surface area contributed by atoms with Gasteiger partial charge in [-0.1, -0.05) is 53.7 Å². The van der Waals surface area contributed by atoms with Gasteiger partial charge in [-0.05, 0) is 36.5 Å². The number of primary amides is 1. The SMILES string of the molecule is CC(C)C(=O)OCc1ccc(NC(=O)[C@H](CCCNC(N)=O)CC(=O)[C@@H](N[C-]=O)C(C)C)cc1.CC(C)[C-]=O.C[C-](C)C.C[C-](C)C.[Y].[Y]. The number of carbonyl (C=O) groups is 4. The number of hydrogen-bond acceptors (Lipinski definition) is 7. The van der Waals surface area contributed by atoms with Crippen LogP contribution in [0.2, 0.25) is 0 Å². The van der Waals surface area contributed by atoms with E-state index in [1.54, 1.807) is 78.5 Å². The average Bonchev–Trinajstić information content (AvgIpc) is 2.96. The zero-order valence-electron chi connectivity index (χ0n) is 31.8. The third-order valence-corrected chi connectivity index (χ3v) is 5.38. The maximum atomic E-state index is 13.0. The van der Waals surface area contributed by atoms with Crippen LogP contribution in [0.5, 0.6) is 0 Å². The molecule has 13 heteroatoms. The molecule has 4 amide bonds. The predicted octanol–water partition coefficient (Wildman–Crippen LogP) is 6.02. The molecular formula is C36H60N4O7Y2-4. The quantitative estimate of drug-likeness (QED) is 0.0682. The van der Waals surface area contributed by atoms with Crippen LogP contribution in [0.1, 0.15) is 108 Å². The monoisotopic (exact) mass is 838 g/mol. The molecule has 276 valence electrons. The third-order valence-electron chi connectivity index (χ3n) is 5.38. The summed E-state index contributed by atoms with van der Waals surface area (Å²) in [6.45, 7) is 23.6. The van der Waals surface area contributed by atoms with Gasteiger partial charge >= 0.3 is 12.0 Å². The first-order valence-electron chi connectivity index (χ1n) is 15.9. The van der Waals surface area contributed by atoms with Crippen LogP contribution >= 0.6 is 0 Å². The zero-order valence-corrected chi connectivity index (χ0v) is 37.5. The van der Waals surface area contributed by atoms with Gasteiger partial charge in [-0.2, -0.15) is 48.0 Å². The number of esters is 1. The van der Waals surface area contributed by atoms with Gasteiger partial charge in [0.2, 0.25) is 5.91 Å². The number of ether oxygens (including phenoxy) is 1. The molecule has 0 aliphatic carbocycles. The zero-order chi connectivity index (χ0) is 37.1. The van der Waals surface area contributed by atoms with Gasteiger partial charge in [-0.25, -0.2) is 4.79 Å². The molecule has 0 aromatic heterocycles. The van der Waals surface area contributed by atoms with Gasteiger partial charge in [0.05, 0.1) is 12.0 Å². The van der Waals surface area contributed by atoms with Gasteiger partial charge < -0.3 is 47.8 Å².